The molecular weight excluding hydrogens is 466 g/mol. The van der Waals surface area contributed by atoms with E-state index in [-0.39, 0.29) is 17.3 Å². The second kappa shape index (κ2) is 12.3. The third kappa shape index (κ3) is 6.80. The van der Waals surface area contributed by atoms with Gasteiger partial charge in [0.2, 0.25) is 10.0 Å². The smallest absolute Gasteiger partial charge is 0.251 e. The molecule has 1 heterocycles. The van der Waals surface area contributed by atoms with Crippen molar-refractivity contribution in [3.05, 3.63) is 83.7 Å². The molecular formula is C26H31N3O5S. The fourth-order valence-corrected chi connectivity index (χ4v) is 4.91. The maximum Gasteiger partial charge on any atom is 0.251 e. The largest absolute Gasteiger partial charge is 0.490 e. The van der Waals surface area contributed by atoms with E-state index in [1.165, 1.54) is 4.31 Å². The number of rotatable bonds is 12. The number of benzene rings is 2. The fourth-order valence-electron chi connectivity index (χ4n) is 3.45. The Kier molecular flexibility index (Phi) is 9.22. The number of carbonyl (C=O) groups excluding carboxylic acids is 1. The summed E-state index contributed by atoms with van der Waals surface area (Å²) < 4.78 is 38.2. The van der Waals surface area contributed by atoms with Gasteiger partial charge in [-0.15, -0.1) is 0 Å². The number of aromatic nitrogens is 1. The zero-order valence-corrected chi connectivity index (χ0v) is 21.0. The van der Waals surface area contributed by atoms with Gasteiger partial charge in [-0.1, -0.05) is 26.0 Å². The molecule has 0 radical (unpaired) electrons. The maximum absolute atomic E-state index is 12.7. The summed E-state index contributed by atoms with van der Waals surface area (Å²) in [6, 6.07) is 15.3. The normalized spacial score (nSPS) is 11.3. The zero-order valence-electron chi connectivity index (χ0n) is 20.2. The second-order valence-electron chi connectivity index (χ2n) is 7.65. The first kappa shape index (κ1) is 26.2. The molecule has 3 aromatic rings. The number of nitrogens with one attached hydrogen (secondary N) is 1. The molecule has 0 bridgehead atoms. The summed E-state index contributed by atoms with van der Waals surface area (Å²) in [4.78, 5) is 17.0. The van der Waals surface area contributed by atoms with E-state index in [0.717, 1.165) is 11.1 Å². The van der Waals surface area contributed by atoms with Crippen molar-refractivity contribution >= 4 is 15.9 Å². The van der Waals surface area contributed by atoms with Crippen LogP contribution in [0.4, 0.5) is 0 Å². The van der Waals surface area contributed by atoms with Gasteiger partial charge >= 0.3 is 0 Å². The van der Waals surface area contributed by atoms with Gasteiger partial charge in [-0.2, -0.15) is 4.31 Å². The van der Waals surface area contributed by atoms with E-state index in [4.69, 9.17) is 9.47 Å². The van der Waals surface area contributed by atoms with E-state index in [1.54, 1.807) is 54.9 Å². The van der Waals surface area contributed by atoms with Gasteiger partial charge < -0.3 is 14.8 Å². The standard InChI is InChI=1S/C26H31N3O5S/c1-4-29(5-2)35(31,32)23-10-7-20(8-11-23)18-28-26(30)22-9-12-24(25(17-22)33-6-3)34-19-21-13-15-27-16-14-21/h7-17H,4-6,18-19H2,1-3H3,(H,28,30). The van der Waals surface area contributed by atoms with Crippen molar-refractivity contribution in [1.29, 1.82) is 0 Å². The minimum atomic E-state index is -3.51. The average Bonchev–Trinajstić information content (AvgIpc) is 2.88. The maximum atomic E-state index is 12.7. The van der Waals surface area contributed by atoms with E-state index in [2.05, 4.69) is 10.3 Å². The summed E-state index contributed by atoms with van der Waals surface area (Å²) in [5.74, 6) is 0.761. The highest BCUT2D eigenvalue weighted by atomic mass is 32.2. The van der Waals surface area contributed by atoms with Crippen LogP contribution in [0, 0.1) is 0 Å². The molecule has 0 atom stereocenters. The summed E-state index contributed by atoms with van der Waals surface area (Å²) in [6.07, 6.45) is 3.40. The summed E-state index contributed by atoms with van der Waals surface area (Å²) in [6.45, 7) is 7.34. The predicted octanol–water partition coefficient (Wildman–Crippen LogP) is 4.02. The molecule has 0 spiro atoms. The second-order valence-corrected chi connectivity index (χ2v) is 9.59. The lowest BCUT2D eigenvalue weighted by molar-refractivity contribution is 0.0950. The molecule has 9 heteroatoms. The molecule has 0 aliphatic carbocycles. The summed E-state index contributed by atoms with van der Waals surface area (Å²) in [7, 11) is -3.51. The Labute approximate surface area is 207 Å². The lowest BCUT2D eigenvalue weighted by Gasteiger charge is -2.18. The SMILES string of the molecule is CCOc1cc(C(=O)NCc2ccc(S(=O)(=O)N(CC)CC)cc2)ccc1OCc1ccncc1. The number of ether oxygens (including phenoxy) is 2. The molecule has 0 fully saturated rings. The van der Waals surface area contributed by atoms with Gasteiger partial charge in [0, 0.05) is 37.6 Å². The Morgan fingerprint density at radius 3 is 2.20 bits per heavy atom. The molecule has 1 amide bonds. The van der Waals surface area contributed by atoms with Crippen molar-refractivity contribution < 1.29 is 22.7 Å². The quantitative estimate of drug-likeness (QED) is 0.406. The number of pyridine rings is 1. The minimum absolute atomic E-state index is 0.236. The van der Waals surface area contributed by atoms with Gasteiger partial charge in [0.1, 0.15) is 6.61 Å². The first-order valence-electron chi connectivity index (χ1n) is 11.5. The van der Waals surface area contributed by atoms with E-state index in [1.807, 2.05) is 32.9 Å². The van der Waals surface area contributed by atoms with Crippen LogP contribution in [0.3, 0.4) is 0 Å². The molecule has 0 saturated carbocycles. The molecule has 0 saturated heterocycles. The number of hydrogen-bond donors (Lipinski definition) is 1. The molecule has 186 valence electrons. The molecule has 3 rings (SSSR count). The van der Waals surface area contributed by atoms with Crippen molar-refractivity contribution in [2.24, 2.45) is 0 Å². The molecule has 35 heavy (non-hydrogen) atoms. The van der Waals surface area contributed by atoms with Gasteiger partial charge in [-0.25, -0.2) is 8.42 Å². The van der Waals surface area contributed by atoms with Gasteiger partial charge in [0.05, 0.1) is 11.5 Å². The molecule has 0 aliphatic heterocycles. The first-order chi connectivity index (χ1) is 16.9. The van der Waals surface area contributed by atoms with Crippen molar-refractivity contribution in [3.63, 3.8) is 0 Å². The molecule has 0 aliphatic rings. The lowest BCUT2D eigenvalue weighted by Crippen LogP contribution is -2.30. The predicted molar refractivity (Wildman–Crippen MR) is 134 cm³/mol. The monoisotopic (exact) mass is 497 g/mol. The van der Waals surface area contributed by atoms with E-state index < -0.39 is 10.0 Å². The highest BCUT2D eigenvalue weighted by Crippen LogP contribution is 2.29. The van der Waals surface area contributed by atoms with E-state index in [0.29, 0.717) is 43.4 Å². The Morgan fingerprint density at radius 2 is 1.57 bits per heavy atom. The number of sulfonamides is 1. The third-order valence-corrected chi connectivity index (χ3v) is 7.43. The molecule has 0 unspecified atom stereocenters. The highest BCUT2D eigenvalue weighted by molar-refractivity contribution is 7.89. The average molecular weight is 498 g/mol. The topological polar surface area (TPSA) is 97.8 Å². The van der Waals surface area contributed by atoms with Crippen LogP contribution in [0.15, 0.2) is 71.9 Å². The van der Waals surface area contributed by atoms with Gasteiger partial charge in [0.15, 0.2) is 11.5 Å². The first-order valence-corrected chi connectivity index (χ1v) is 13.0. The summed E-state index contributed by atoms with van der Waals surface area (Å²) in [5, 5.41) is 2.86. The van der Waals surface area contributed by atoms with Crippen LogP contribution in [0.1, 0.15) is 42.3 Å². The van der Waals surface area contributed by atoms with Gasteiger partial charge in [-0.3, -0.25) is 9.78 Å². The van der Waals surface area contributed by atoms with Crippen molar-refractivity contribution in [2.75, 3.05) is 19.7 Å². The van der Waals surface area contributed by atoms with Crippen LogP contribution in [-0.4, -0.2) is 43.3 Å². The van der Waals surface area contributed by atoms with Crippen LogP contribution >= 0.6 is 0 Å². The zero-order chi connectivity index (χ0) is 25.3. The van der Waals surface area contributed by atoms with Gasteiger partial charge in [-0.05, 0) is 60.5 Å². The number of nitrogens with zero attached hydrogens (tertiary/aromatic N) is 2. The number of amides is 1. The third-order valence-electron chi connectivity index (χ3n) is 5.37. The van der Waals surface area contributed by atoms with Gasteiger partial charge in [0.25, 0.3) is 5.91 Å². The molecule has 1 N–H and O–H groups in total. The summed E-state index contributed by atoms with van der Waals surface area (Å²) in [5.41, 5.74) is 2.20. The van der Waals surface area contributed by atoms with E-state index in [9.17, 15) is 13.2 Å². The summed E-state index contributed by atoms with van der Waals surface area (Å²) >= 11 is 0. The fraction of sp³-hybridized carbons (Fsp3) is 0.308. The molecule has 1 aromatic heterocycles. The van der Waals surface area contributed by atoms with Crippen molar-refractivity contribution in [2.45, 2.75) is 38.8 Å². The Morgan fingerprint density at radius 1 is 0.886 bits per heavy atom. The Bertz CT molecular complexity index is 1210. The molecule has 8 nitrogen and oxygen atoms in total. The van der Waals surface area contributed by atoms with Crippen molar-refractivity contribution in [3.8, 4) is 11.5 Å². The minimum Gasteiger partial charge on any atom is -0.490 e. The van der Waals surface area contributed by atoms with Crippen molar-refractivity contribution in [1.82, 2.24) is 14.6 Å². The number of carbonyl (C=O) groups is 1. The Balaban J connectivity index is 1.64. The number of hydrogen-bond acceptors (Lipinski definition) is 6. The lowest BCUT2D eigenvalue weighted by atomic mass is 10.1. The van der Waals surface area contributed by atoms with E-state index >= 15 is 0 Å². The van der Waals surface area contributed by atoms with Crippen LogP contribution < -0.4 is 14.8 Å². The van der Waals surface area contributed by atoms with Crippen LogP contribution in [0.5, 0.6) is 11.5 Å². The Hall–Kier alpha value is -3.43. The van der Waals surface area contributed by atoms with Crippen LogP contribution in [-0.2, 0) is 23.2 Å². The molecule has 2 aromatic carbocycles. The van der Waals surface area contributed by atoms with Crippen LogP contribution in [0.2, 0.25) is 0 Å². The highest BCUT2D eigenvalue weighted by Gasteiger charge is 2.21. The van der Waals surface area contributed by atoms with Crippen LogP contribution in [0.25, 0.3) is 0 Å².